The average molecular weight is 286 g/mol. The second-order valence-electron chi connectivity index (χ2n) is 5.72. The number of hydrogen-bond donors (Lipinski definition) is 1. The van der Waals surface area contributed by atoms with Crippen molar-refractivity contribution in [2.24, 2.45) is 0 Å². The molecule has 1 N–H and O–H groups in total. The number of aliphatic hydroxyl groups excluding tert-OH is 1. The molecule has 1 aromatic heterocycles. The molecule has 4 heteroatoms. The Kier molecular flexibility index (Phi) is 4.25. The normalized spacial score (nSPS) is 17.0. The summed E-state index contributed by atoms with van der Waals surface area (Å²) in [7, 11) is 1.64. The van der Waals surface area contributed by atoms with E-state index in [0.717, 1.165) is 17.0 Å². The molecule has 0 amide bonds. The summed E-state index contributed by atoms with van der Waals surface area (Å²) in [5.74, 6) is 0.802. The number of methoxy groups -OCH3 is 1. The Balaban J connectivity index is 1.64. The van der Waals surface area contributed by atoms with E-state index in [1.807, 2.05) is 36.5 Å². The minimum absolute atomic E-state index is 0.525. The van der Waals surface area contributed by atoms with Crippen LogP contribution in [0.25, 0.3) is 0 Å². The molecule has 1 aliphatic carbocycles. The minimum atomic E-state index is -0.525. The molecule has 2 aromatic rings. The molecule has 112 valence electrons. The molecular weight excluding hydrogens is 264 g/mol. The highest BCUT2D eigenvalue weighted by Gasteiger charge is 2.18. The second kappa shape index (κ2) is 6.31. The Morgan fingerprint density at radius 1 is 1.24 bits per heavy atom. The van der Waals surface area contributed by atoms with Crippen LogP contribution in [0.15, 0.2) is 36.5 Å². The van der Waals surface area contributed by atoms with Crippen LogP contribution >= 0.6 is 0 Å². The summed E-state index contributed by atoms with van der Waals surface area (Å²) in [6, 6.07) is 10.1. The van der Waals surface area contributed by atoms with Crippen LogP contribution in [-0.4, -0.2) is 22.0 Å². The van der Waals surface area contributed by atoms with Gasteiger partial charge < -0.3 is 9.84 Å². The van der Waals surface area contributed by atoms with Crippen molar-refractivity contribution in [1.82, 2.24) is 9.78 Å². The summed E-state index contributed by atoms with van der Waals surface area (Å²) in [6.07, 6.45) is 7.12. The summed E-state index contributed by atoms with van der Waals surface area (Å²) >= 11 is 0. The third-order valence-electron chi connectivity index (χ3n) is 4.27. The van der Waals surface area contributed by atoms with Gasteiger partial charge in [-0.3, -0.25) is 4.68 Å². The van der Waals surface area contributed by atoms with Gasteiger partial charge in [0.25, 0.3) is 0 Å². The van der Waals surface area contributed by atoms with Crippen LogP contribution in [0.1, 0.15) is 49.1 Å². The number of benzene rings is 1. The quantitative estimate of drug-likeness (QED) is 0.917. The van der Waals surface area contributed by atoms with E-state index in [9.17, 15) is 5.11 Å². The van der Waals surface area contributed by atoms with Gasteiger partial charge in [-0.15, -0.1) is 0 Å². The van der Waals surface area contributed by atoms with Crippen LogP contribution < -0.4 is 4.74 Å². The molecule has 1 atom stereocenters. The SMILES string of the molecule is COc1ccc(C(O)Cc2ccn(C3CCCC3)n2)cc1. The van der Waals surface area contributed by atoms with Crippen molar-refractivity contribution in [3.8, 4) is 5.75 Å². The van der Waals surface area contributed by atoms with Crippen molar-refractivity contribution in [2.75, 3.05) is 7.11 Å². The maximum absolute atomic E-state index is 10.3. The van der Waals surface area contributed by atoms with Crippen molar-refractivity contribution >= 4 is 0 Å². The minimum Gasteiger partial charge on any atom is -0.497 e. The first kappa shape index (κ1) is 14.1. The van der Waals surface area contributed by atoms with Gasteiger partial charge in [-0.1, -0.05) is 25.0 Å². The monoisotopic (exact) mass is 286 g/mol. The number of aromatic nitrogens is 2. The van der Waals surface area contributed by atoms with E-state index >= 15 is 0 Å². The van der Waals surface area contributed by atoms with Crippen LogP contribution in [0, 0.1) is 0 Å². The fourth-order valence-corrected chi connectivity index (χ4v) is 3.00. The van der Waals surface area contributed by atoms with E-state index < -0.39 is 6.10 Å². The van der Waals surface area contributed by atoms with Crippen LogP contribution in [-0.2, 0) is 6.42 Å². The van der Waals surface area contributed by atoms with Gasteiger partial charge in [-0.2, -0.15) is 5.10 Å². The molecule has 21 heavy (non-hydrogen) atoms. The van der Waals surface area contributed by atoms with Crippen LogP contribution in [0.5, 0.6) is 5.75 Å². The molecule has 1 saturated carbocycles. The Morgan fingerprint density at radius 2 is 1.95 bits per heavy atom. The number of hydrogen-bond acceptors (Lipinski definition) is 3. The Labute approximate surface area is 125 Å². The van der Waals surface area contributed by atoms with E-state index in [1.54, 1.807) is 7.11 Å². The third kappa shape index (κ3) is 3.27. The molecule has 1 heterocycles. The molecule has 3 rings (SSSR count). The fourth-order valence-electron chi connectivity index (χ4n) is 3.00. The predicted molar refractivity (Wildman–Crippen MR) is 81.4 cm³/mol. The highest BCUT2D eigenvalue weighted by Crippen LogP contribution is 2.29. The Bertz CT molecular complexity index is 571. The topological polar surface area (TPSA) is 47.3 Å². The number of aliphatic hydroxyl groups is 1. The van der Waals surface area contributed by atoms with E-state index in [2.05, 4.69) is 9.78 Å². The molecular formula is C17H22N2O2. The standard InChI is InChI=1S/C17H22N2O2/c1-21-16-8-6-13(7-9-16)17(20)12-14-10-11-19(18-14)15-4-2-3-5-15/h6-11,15,17,20H,2-5,12H2,1H3. The molecule has 4 nitrogen and oxygen atoms in total. The van der Waals surface area contributed by atoms with Gasteiger partial charge in [0.15, 0.2) is 0 Å². The molecule has 0 bridgehead atoms. The molecule has 1 aromatic carbocycles. The lowest BCUT2D eigenvalue weighted by atomic mass is 10.1. The number of rotatable bonds is 5. The van der Waals surface area contributed by atoms with Crippen molar-refractivity contribution < 1.29 is 9.84 Å². The zero-order valence-corrected chi connectivity index (χ0v) is 12.4. The smallest absolute Gasteiger partial charge is 0.118 e. The maximum atomic E-state index is 10.3. The number of nitrogens with zero attached hydrogens (tertiary/aromatic N) is 2. The van der Waals surface area contributed by atoms with E-state index in [-0.39, 0.29) is 0 Å². The molecule has 0 radical (unpaired) electrons. The van der Waals surface area contributed by atoms with Crippen LogP contribution in [0.2, 0.25) is 0 Å². The lowest BCUT2D eigenvalue weighted by Crippen LogP contribution is -2.07. The molecule has 1 aliphatic rings. The Hall–Kier alpha value is -1.81. The third-order valence-corrected chi connectivity index (χ3v) is 4.27. The zero-order valence-electron chi connectivity index (χ0n) is 12.4. The second-order valence-corrected chi connectivity index (χ2v) is 5.72. The first-order valence-electron chi connectivity index (χ1n) is 7.62. The van der Waals surface area contributed by atoms with Gasteiger partial charge in [0.2, 0.25) is 0 Å². The summed E-state index contributed by atoms with van der Waals surface area (Å²) in [5, 5.41) is 14.9. The van der Waals surface area contributed by atoms with Crippen LogP contribution in [0.4, 0.5) is 0 Å². The van der Waals surface area contributed by atoms with Gasteiger partial charge in [0.05, 0.1) is 24.9 Å². The highest BCUT2D eigenvalue weighted by atomic mass is 16.5. The summed E-state index contributed by atoms with van der Waals surface area (Å²) < 4.78 is 7.20. The van der Waals surface area contributed by atoms with Gasteiger partial charge in [-0.05, 0) is 36.6 Å². The van der Waals surface area contributed by atoms with E-state index in [1.165, 1.54) is 25.7 Å². The van der Waals surface area contributed by atoms with E-state index in [4.69, 9.17) is 4.74 Å². The lowest BCUT2D eigenvalue weighted by Gasteiger charge is -2.11. The molecule has 1 fully saturated rings. The van der Waals surface area contributed by atoms with Crippen molar-refractivity contribution in [3.05, 3.63) is 47.8 Å². The first-order valence-corrected chi connectivity index (χ1v) is 7.62. The molecule has 1 unspecified atom stereocenters. The van der Waals surface area contributed by atoms with Crippen molar-refractivity contribution in [2.45, 2.75) is 44.2 Å². The lowest BCUT2D eigenvalue weighted by molar-refractivity contribution is 0.176. The molecule has 0 saturated heterocycles. The van der Waals surface area contributed by atoms with Gasteiger partial charge in [0, 0.05) is 12.6 Å². The summed E-state index contributed by atoms with van der Waals surface area (Å²) in [5.41, 5.74) is 1.84. The predicted octanol–water partition coefficient (Wildman–Crippen LogP) is 3.28. The average Bonchev–Trinajstić information content (AvgIpc) is 3.18. The largest absolute Gasteiger partial charge is 0.497 e. The highest BCUT2D eigenvalue weighted by molar-refractivity contribution is 5.29. The fraction of sp³-hybridized carbons (Fsp3) is 0.471. The maximum Gasteiger partial charge on any atom is 0.118 e. The van der Waals surface area contributed by atoms with Gasteiger partial charge >= 0.3 is 0 Å². The van der Waals surface area contributed by atoms with Gasteiger partial charge in [-0.25, -0.2) is 0 Å². The summed E-state index contributed by atoms with van der Waals surface area (Å²) in [4.78, 5) is 0. The molecule has 0 spiro atoms. The van der Waals surface area contributed by atoms with Crippen LogP contribution in [0.3, 0.4) is 0 Å². The summed E-state index contributed by atoms with van der Waals surface area (Å²) in [6.45, 7) is 0. The van der Waals surface area contributed by atoms with Gasteiger partial charge in [0.1, 0.15) is 5.75 Å². The van der Waals surface area contributed by atoms with E-state index in [0.29, 0.717) is 12.5 Å². The Morgan fingerprint density at radius 3 is 2.62 bits per heavy atom. The van der Waals surface area contributed by atoms with Crippen molar-refractivity contribution in [1.29, 1.82) is 0 Å². The zero-order chi connectivity index (χ0) is 14.7. The molecule has 0 aliphatic heterocycles. The number of ether oxygens (including phenoxy) is 1. The first-order chi connectivity index (χ1) is 10.3. The van der Waals surface area contributed by atoms with Crippen molar-refractivity contribution in [3.63, 3.8) is 0 Å².